The minimum Gasteiger partial charge on any atom is -0.451 e. The van der Waals surface area contributed by atoms with Crippen molar-refractivity contribution in [2.24, 2.45) is 0 Å². The van der Waals surface area contributed by atoms with E-state index in [9.17, 15) is 4.79 Å². The molecule has 0 saturated carbocycles. The lowest BCUT2D eigenvalue weighted by atomic mass is 10.3. The molecule has 0 rings (SSSR count). The summed E-state index contributed by atoms with van der Waals surface area (Å²) in [5.41, 5.74) is 0. The summed E-state index contributed by atoms with van der Waals surface area (Å²) in [6.45, 7) is 17.1. The highest BCUT2D eigenvalue weighted by Gasteiger charge is 2.05. The molecule has 0 amide bonds. The van der Waals surface area contributed by atoms with Crippen LogP contribution in [0.2, 0.25) is 0 Å². The van der Waals surface area contributed by atoms with Gasteiger partial charge in [0.05, 0.1) is 0 Å². The summed E-state index contributed by atoms with van der Waals surface area (Å²) in [6, 6.07) is 1.60. The number of nitrogens with zero attached hydrogens (tertiary/aromatic N) is 2. The zero-order valence-corrected chi connectivity index (χ0v) is 14.8. The Kier molecular flexibility index (Phi) is 8.80. The number of carbonyl (C=O) groups excluding carboxylic acids is 1. The van der Waals surface area contributed by atoms with Crippen molar-refractivity contribution in [2.45, 2.75) is 79.6 Å². The van der Waals surface area contributed by atoms with Crippen molar-refractivity contribution >= 4 is 22.7 Å². The first-order valence-corrected chi connectivity index (χ1v) is 8.40. The lowest BCUT2D eigenvalue weighted by Crippen LogP contribution is -2.32. The molecule has 0 fully saturated rings. The lowest BCUT2D eigenvalue weighted by molar-refractivity contribution is 0.268. The Balaban J connectivity index is 4.48. The molecule has 0 saturated heterocycles. The maximum absolute atomic E-state index is 12.2. The monoisotopic (exact) mass is 290 g/mol. The average molecular weight is 290 g/mol. The fourth-order valence-electron chi connectivity index (χ4n) is 1.87. The second-order valence-electron chi connectivity index (χ2n) is 5.62. The first-order chi connectivity index (χ1) is 8.16. The van der Waals surface area contributed by atoms with Crippen LogP contribution in [0.4, 0.5) is 4.79 Å². The summed E-state index contributed by atoms with van der Waals surface area (Å²) in [5, 5.41) is 0.264. The van der Waals surface area contributed by atoms with Gasteiger partial charge in [-0.15, -0.1) is 5.27 Å². The van der Waals surface area contributed by atoms with Crippen molar-refractivity contribution in [1.82, 2.24) is 9.34 Å². The second kappa shape index (κ2) is 8.59. The zero-order valence-electron chi connectivity index (χ0n) is 13.0. The third kappa shape index (κ3) is 6.57. The molecule has 0 atom stereocenters. The number of hydrogen-bond acceptors (Lipinski definition) is 3. The lowest BCUT2D eigenvalue weighted by Gasteiger charge is -2.51. The molecule has 108 valence electrons. The van der Waals surface area contributed by atoms with E-state index in [4.69, 9.17) is 0 Å². The largest absolute Gasteiger partial charge is 0.451 e. The van der Waals surface area contributed by atoms with E-state index in [1.165, 1.54) is 0 Å². The van der Waals surface area contributed by atoms with Crippen LogP contribution in [0, 0.1) is 0 Å². The van der Waals surface area contributed by atoms with Crippen LogP contribution in [0.5, 0.6) is 0 Å². The maximum atomic E-state index is 12.2. The topological polar surface area (TPSA) is 23.6 Å². The van der Waals surface area contributed by atoms with Crippen LogP contribution in [0.15, 0.2) is 0 Å². The molecular weight excluding hydrogens is 262 g/mol. The minimum absolute atomic E-state index is 0.264. The van der Waals surface area contributed by atoms with E-state index >= 15 is 0 Å². The van der Waals surface area contributed by atoms with Gasteiger partial charge in [-0.2, -0.15) is 0 Å². The highest BCUT2D eigenvalue weighted by atomic mass is 31.1. The predicted octanol–water partition coefficient (Wildman–Crippen LogP) is 5.07. The SMILES string of the molecule is CC(C)N([P-]C(=O)[P-]N(C(C)C)C(C)C)C(C)C. The summed E-state index contributed by atoms with van der Waals surface area (Å²) in [6.07, 6.45) is 0. The molecule has 0 aromatic rings. The summed E-state index contributed by atoms with van der Waals surface area (Å²) in [4.78, 5) is 12.2. The molecule has 0 heterocycles. The molecule has 0 N–H and O–H groups in total. The quantitative estimate of drug-likeness (QED) is 0.583. The van der Waals surface area contributed by atoms with Gasteiger partial charge in [0.15, 0.2) is 0 Å². The van der Waals surface area contributed by atoms with Crippen LogP contribution in [0.25, 0.3) is 0 Å². The van der Waals surface area contributed by atoms with Gasteiger partial charge in [-0.3, -0.25) is 0 Å². The highest BCUT2D eigenvalue weighted by Crippen LogP contribution is 2.38. The summed E-state index contributed by atoms with van der Waals surface area (Å²) >= 11 is 0. The average Bonchev–Trinajstić information content (AvgIpc) is 2.20. The summed E-state index contributed by atoms with van der Waals surface area (Å²) < 4.78 is 4.43. The van der Waals surface area contributed by atoms with Crippen molar-refractivity contribution in [1.29, 1.82) is 0 Å². The maximum Gasteiger partial charge on any atom is -0.0229 e. The molecule has 3 nitrogen and oxygen atoms in total. The standard InChI is InChI=1S/C13H28N2OP2/c1-9(2)14(10(3)4)17-13(16)18-15(11(5)6)12(7)8/h9-12H,1-8H3/q-2. The van der Waals surface area contributed by atoms with Gasteiger partial charge in [0.25, 0.3) is 0 Å². The summed E-state index contributed by atoms with van der Waals surface area (Å²) in [5.74, 6) is 0. The molecule has 0 spiro atoms. The van der Waals surface area contributed by atoms with Crippen molar-refractivity contribution in [2.75, 3.05) is 0 Å². The van der Waals surface area contributed by atoms with Crippen LogP contribution in [0.1, 0.15) is 55.4 Å². The molecule has 0 aromatic heterocycles. The molecule has 0 radical (unpaired) electrons. The Morgan fingerprint density at radius 2 is 0.889 bits per heavy atom. The van der Waals surface area contributed by atoms with E-state index in [1.54, 1.807) is 0 Å². The van der Waals surface area contributed by atoms with Crippen LogP contribution in [-0.2, 0) is 0 Å². The van der Waals surface area contributed by atoms with Crippen molar-refractivity contribution < 1.29 is 4.79 Å². The molecule has 18 heavy (non-hydrogen) atoms. The van der Waals surface area contributed by atoms with Gasteiger partial charge in [-0.25, -0.2) is 0 Å². The van der Waals surface area contributed by atoms with Gasteiger partial charge >= 0.3 is 0 Å². The second-order valence-corrected chi connectivity index (χ2v) is 8.11. The first kappa shape index (κ1) is 18.4. The van der Waals surface area contributed by atoms with Gasteiger partial charge in [0, 0.05) is 0 Å². The number of hydrogen-bond donors (Lipinski definition) is 0. The van der Waals surface area contributed by atoms with E-state index in [1.807, 2.05) is 0 Å². The molecular formula is C13H28N2OP2-2. The van der Waals surface area contributed by atoms with Gasteiger partial charge in [-0.1, -0.05) is 55.4 Å². The number of rotatable bonds is 8. The zero-order chi connectivity index (χ0) is 14.5. The molecule has 0 aliphatic rings. The van der Waals surface area contributed by atoms with Gasteiger partial charge in [0.2, 0.25) is 0 Å². The molecule has 0 aliphatic carbocycles. The highest BCUT2D eigenvalue weighted by molar-refractivity contribution is 7.83. The third-order valence-corrected chi connectivity index (χ3v) is 5.71. The van der Waals surface area contributed by atoms with Crippen molar-refractivity contribution in [3.05, 3.63) is 0 Å². The van der Waals surface area contributed by atoms with Crippen molar-refractivity contribution in [3.63, 3.8) is 0 Å². The fraction of sp³-hybridized carbons (Fsp3) is 0.923. The van der Waals surface area contributed by atoms with Crippen LogP contribution in [-0.4, -0.2) is 38.8 Å². The Bertz CT molecular complexity index is 215. The molecule has 0 unspecified atom stereocenters. The van der Waals surface area contributed by atoms with Crippen LogP contribution < -0.4 is 0 Å². The van der Waals surface area contributed by atoms with E-state index < -0.39 is 0 Å². The van der Waals surface area contributed by atoms with E-state index in [-0.39, 0.29) is 5.27 Å². The Morgan fingerprint density at radius 3 is 1.06 bits per heavy atom. The molecule has 5 heteroatoms. The molecule has 0 aliphatic heterocycles. The Labute approximate surface area is 117 Å². The fourth-order valence-corrected chi connectivity index (χ4v) is 3.97. The normalized spacial score (nSPS) is 14.1. The first-order valence-electron chi connectivity index (χ1n) is 6.70. The smallest absolute Gasteiger partial charge is 0.0229 e. The Morgan fingerprint density at radius 1 is 0.667 bits per heavy atom. The van der Waals surface area contributed by atoms with Crippen LogP contribution in [0.3, 0.4) is 0 Å². The van der Waals surface area contributed by atoms with Gasteiger partial charge in [0.1, 0.15) is 0 Å². The summed E-state index contributed by atoms with van der Waals surface area (Å²) in [7, 11) is 1.64. The molecule has 0 aromatic carbocycles. The van der Waals surface area contributed by atoms with E-state index in [0.717, 1.165) is 17.5 Å². The minimum atomic E-state index is 0.264. The number of carbonyl (C=O) groups is 1. The van der Waals surface area contributed by atoms with Gasteiger partial charge in [-0.05, 0) is 24.2 Å². The van der Waals surface area contributed by atoms with E-state index in [2.05, 4.69) is 64.7 Å². The van der Waals surface area contributed by atoms with E-state index in [0.29, 0.717) is 24.2 Å². The third-order valence-electron chi connectivity index (χ3n) is 2.52. The predicted molar refractivity (Wildman–Crippen MR) is 83.5 cm³/mol. The van der Waals surface area contributed by atoms with Crippen molar-refractivity contribution in [3.8, 4) is 0 Å². The Hall–Kier alpha value is 0.450. The molecule has 0 bridgehead atoms. The van der Waals surface area contributed by atoms with Crippen LogP contribution >= 0.6 is 17.5 Å². The van der Waals surface area contributed by atoms with Gasteiger partial charge < -0.3 is 31.6 Å².